The van der Waals surface area contributed by atoms with Gasteiger partial charge >= 0.3 is 0 Å². The Hall–Kier alpha value is -2.24. The van der Waals surface area contributed by atoms with Gasteiger partial charge in [-0.2, -0.15) is 5.10 Å². The van der Waals surface area contributed by atoms with Crippen molar-refractivity contribution >= 4 is 17.8 Å². The lowest BCUT2D eigenvalue weighted by Crippen LogP contribution is -2.20. The summed E-state index contributed by atoms with van der Waals surface area (Å²) in [4.78, 5) is 22.4. The van der Waals surface area contributed by atoms with Gasteiger partial charge in [0.05, 0.1) is 16.7 Å². The molecule has 0 heterocycles. The smallest absolute Gasteiger partial charge is 0.273 e. The number of carbonyl (C=O) groups excluding carboxylic acids is 1. The summed E-state index contributed by atoms with van der Waals surface area (Å²) in [6.45, 7) is 0. The number of nitrogens with zero attached hydrogens (tertiary/aromatic N) is 2. The highest BCUT2D eigenvalue weighted by molar-refractivity contribution is 5.87. The summed E-state index contributed by atoms with van der Waals surface area (Å²) in [7, 11) is 0. The van der Waals surface area contributed by atoms with E-state index in [1.54, 1.807) is 18.2 Å². The third-order valence-corrected chi connectivity index (χ3v) is 4.47. The number of hydrogen-bond donors (Lipinski definition) is 1. The highest BCUT2D eigenvalue weighted by Crippen LogP contribution is 2.55. The first-order valence-corrected chi connectivity index (χ1v) is 7.25. The van der Waals surface area contributed by atoms with Gasteiger partial charge < -0.3 is 0 Å². The molecule has 2 saturated carbocycles. The first kappa shape index (κ1) is 13.7. The van der Waals surface area contributed by atoms with Gasteiger partial charge in [0.1, 0.15) is 0 Å². The van der Waals surface area contributed by atoms with Crippen molar-refractivity contribution in [2.75, 3.05) is 0 Å². The molecule has 21 heavy (non-hydrogen) atoms. The molecule has 0 saturated heterocycles. The van der Waals surface area contributed by atoms with Crippen LogP contribution in [0.5, 0.6) is 0 Å². The van der Waals surface area contributed by atoms with Crippen molar-refractivity contribution in [1.29, 1.82) is 0 Å². The molecular formula is C15H17N3O3. The number of hydrogen-bond acceptors (Lipinski definition) is 4. The lowest BCUT2D eigenvalue weighted by Gasteiger charge is -2.04. The van der Waals surface area contributed by atoms with Gasteiger partial charge in [0, 0.05) is 12.0 Å². The van der Waals surface area contributed by atoms with Crippen molar-refractivity contribution in [3.05, 3.63) is 39.9 Å². The summed E-state index contributed by atoms with van der Waals surface area (Å²) in [5, 5.41) is 14.7. The summed E-state index contributed by atoms with van der Waals surface area (Å²) in [5.74, 6) is 1.09. The number of nitro groups is 1. The highest BCUT2D eigenvalue weighted by atomic mass is 16.6. The minimum Gasteiger partial charge on any atom is -0.273 e. The molecule has 1 aromatic carbocycles. The number of para-hydroxylation sites is 1. The van der Waals surface area contributed by atoms with Crippen LogP contribution in [0, 0.1) is 27.9 Å². The first-order chi connectivity index (χ1) is 10.2. The van der Waals surface area contributed by atoms with Gasteiger partial charge in [-0.1, -0.05) is 25.0 Å². The highest BCUT2D eigenvalue weighted by Gasteiger charge is 2.54. The third-order valence-electron chi connectivity index (χ3n) is 4.47. The van der Waals surface area contributed by atoms with E-state index in [-0.39, 0.29) is 17.5 Å². The van der Waals surface area contributed by atoms with Crippen LogP contribution in [0.25, 0.3) is 0 Å². The Labute approximate surface area is 122 Å². The molecule has 2 aliphatic carbocycles. The number of rotatable bonds is 4. The summed E-state index contributed by atoms with van der Waals surface area (Å²) >= 11 is 0. The Morgan fingerprint density at radius 1 is 1.29 bits per heavy atom. The maximum absolute atomic E-state index is 12.0. The Kier molecular flexibility index (Phi) is 3.68. The van der Waals surface area contributed by atoms with Crippen LogP contribution >= 0.6 is 0 Å². The van der Waals surface area contributed by atoms with Crippen molar-refractivity contribution in [1.82, 2.24) is 5.43 Å². The van der Waals surface area contributed by atoms with E-state index in [2.05, 4.69) is 10.5 Å². The minimum absolute atomic E-state index is 0.0180. The molecule has 0 aromatic heterocycles. The van der Waals surface area contributed by atoms with E-state index in [0.29, 0.717) is 17.4 Å². The number of fused-ring (bicyclic) bond motifs is 1. The molecule has 0 radical (unpaired) electrons. The first-order valence-electron chi connectivity index (χ1n) is 7.25. The molecule has 2 fully saturated rings. The lowest BCUT2D eigenvalue weighted by atomic mass is 10.0. The van der Waals surface area contributed by atoms with E-state index in [9.17, 15) is 14.9 Å². The summed E-state index contributed by atoms with van der Waals surface area (Å²) < 4.78 is 0. The molecule has 0 spiro atoms. The van der Waals surface area contributed by atoms with Gasteiger partial charge in [-0.05, 0) is 30.7 Å². The molecule has 6 nitrogen and oxygen atoms in total. The predicted octanol–water partition coefficient (Wildman–Crippen LogP) is 2.48. The second kappa shape index (κ2) is 5.63. The summed E-state index contributed by atoms with van der Waals surface area (Å²) in [6.07, 6.45) is 6.03. The second-order valence-electron chi connectivity index (χ2n) is 5.69. The number of amides is 1. The fourth-order valence-electron chi connectivity index (χ4n) is 3.38. The molecule has 3 atom stereocenters. The Morgan fingerprint density at radius 2 is 1.95 bits per heavy atom. The van der Waals surface area contributed by atoms with Crippen LogP contribution in [0.3, 0.4) is 0 Å². The maximum Gasteiger partial charge on any atom is 0.278 e. The average Bonchev–Trinajstić information content (AvgIpc) is 3.22. The van der Waals surface area contributed by atoms with Crippen LogP contribution in [0.4, 0.5) is 5.69 Å². The molecule has 2 aliphatic rings. The molecule has 3 rings (SSSR count). The molecule has 0 aliphatic heterocycles. The van der Waals surface area contributed by atoms with E-state index >= 15 is 0 Å². The second-order valence-corrected chi connectivity index (χ2v) is 5.69. The van der Waals surface area contributed by atoms with Crippen LogP contribution in [0.1, 0.15) is 31.2 Å². The van der Waals surface area contributed by atoms with Crippen LogP contribution < -0.4 is 5.43 Å². The number of hydrazone groups is 1. The zero-order valence-corrected chi connectivity index (χ0v) is 11.6. The Bertz CT molecular complexity index is 588. The lowest BCUT2D eigenvalue weighted by molar-refractivity contribution is -0.385. The predicted molar refractivity (Wildman–Crippen MR) is 77.8 cm³/mol. The molecule has 6 heteroatoms. The minimum atomic E-state index is -0.460. The van der Waals surface area contributed by atoms with E-state index in [4.69, 9.17) is 0 Å². The zero-order chi connectivity index (χ0) is 14.8. The fraction of sp³-hybridized carbons (Fsp3) is 0.467. The van der Waals surface area contributed by atoms with Crippen molar-refractivity contribution < 1.29 is 9.72 Å². The third kappa shape index (κ3) is 2.79. The van der Waals surface area contributed by atoms with Crippen LogP contribution in [-0.2, 0) is 4.79 Å². The van der Waals surface area contributed by atoms with Gasteiger partial charge in [-0.3, -0.25) is 14.9 Å². The van der Waals surface area contributed by atoms with Crippen molar-refractivity contribution in [3.63, 3.8) is 0 Å². The standard InChI is InChI=1S/C15H17N3O3/c19-15(14-11-6-2-3-7-12(11)14)17-16-9-10-5-1-4-8-13(10)18(20)21/h1,4-5,8-9,11-12,14H,2-3,6-7H2,(H,17,19)/b16-9-/t11-,12+,14?. The molecule has 0 bridgehead atoms. The normalized spacial score (nSPS) is 27.1. The number of benzene rings is 1. The van der Waals surface area contributed by atoms with Crippen molar-refractivity contribution in [2.45, 2.75) is 25.7 Å². The van der Waals surface area contributed by atoms with Crippen LogP contribution in [-0.4, -0.2) is 17.0 Å². The van der Waals surface area contributed by atoms with E-state index in [1.807, 2.05) is 0 Å². The number of nitrogens with one attached hydrogen (secondary N) is 1. The monoisotopic (exact) mass is 287 g/mol. The zero-order valence-electron chi connectivity index (χ0n) is 11.6. The van der Waals surface area contributed by atoms with Gasteiger partial charge in [-0.25, -0.2) is 5.43 Å². The van der Waals surface area contributed by atoms with Gasteiger partial charge in [0.25, 0.3) is 5.69 Å². The number of carbonyl (C=O) groups is 1. The van der Waals surface area contributed by atoms with E-state index in [1.165, 1.54) is 25.1 Å². The average molecular weight is 287 g/mol. The molecule has 110 valence electrons. The Balaban J connectivity index is 1.60. The molecular weight excluding hydrogens is 270 g/mol. The molecule has 1 N–H and O–H groups in total. The topological polar surface area (TPSA) is 84.6 Å². The van der Waals surface area contributed by atoms with Crippen molar-refractivity contribution in [3.8, 4) is 0 Å². The van der Waals surface area contributed by atoms with Gasteiger partial charge in [0.15, 0.2) is 0 Å². The van der Waals surface area contributed by atoms with Crippen LogP contribution in [0.2, 0.25) is 0 Å². The van der Waals surface area contributed by atoms with Gasteiger partial charge in [-0.15, -0.1) is 0 Å². The molecule has 1 amide bonds. The van der Waals surface area contributed by atoms with E-state index in [0.717, 1.165) is 12.8 Å². The fourth-order valence-corrected chi connectivity index (χ4v) is 3.38. The quantitative estimate of drug-likeness (QED) is 0.524. The largest absolute Gasteiger partial charge is 0.278 e. The van der Waals surface area contributed by atoms with Crippen molar-refractivity contribution in [2.24, 2.45) is 22.9 Å². The Morgan fingerprint density at radius 3 is 2.62 bits per heavy atom. The maximum atomic E-state index is 12.0. The summed E-state index contributed by atoms with van der Waals surface area (Å²) in [6, 6.07) is 6.32. The van der Waals surface area contributed by atoms with Crippen LogP contribution in [0.15, 0.2) is 29.4 Å². The number of nitro benzene ring substituents is 1. The molecule has 1 aromatic rings. The molecule has 1 unspecified atom stereocenters. The summed E-state index contributed by atoms with van der Waals surface area (Å²) in [5.41, 5.74) is 2.89. The van der Waals surface area contributed by atoms with Gasteiger partial charge in [0.2, 0.25) is 5.91 Å². The van der Waals surface area contributed by atoms with E-state index < -0.39 is 4.92 Å². The SMILES string of the molecule is O=C(N/N=C\c1ccccc1[N+](=O)[O-])C1[C@H]2CCCC[C@@H]12.